The van der Waals surface area contributed by atoms with Crippen LogP contribution in [0.15, 0.2) is 77.1 Å². The average Bonchev–Trinajstić information content (AvgIpc) is 3.45. The Hall–Kier alpha value is -3.34. The van der Waals surface area contributed by atoms with E-state index in [4.69, 9.17) is 15.0 Å². The van der Waals surface area contributed by atoms with Crippen molar-refractivity contribution >= 4 is 39.2 Å². The summed E-state index contributed by atoms with van der Waals surface area (Å²) in [6.07, 6.45) is 3.77. The second kappa shape index (κ2) is 9.96. The summed E-state index contributed by atoms with van der Waals surface area (Å²) in [5.41, 5.74) is 3.59. The molecule has 3 heterocycles. The Balaban J connectivity index is 1.07. The Kier molecular flexibility index (Phi) is 6.39. The van der Waals surface area contributed by atoms with Gasteiger partial charge in [0.05, 0.1) is 21.8 Å². The summed E-state index contributed by atoms with van der Waals surface area (Å²) in [6, 6.07) is 26.2. The van der Waals surface area contributed by atoms with Crippen molar-refractivity contribution in [3.8, 4) is 11.8 Å². The molecule has 36 heavy (non-hydrogen) atoms. The molecule has 1 unspecified atom stereocenters. The van der Waals surface area contributed by atoms with E-state index in [0.717, 1.165) is 52.6 Å². The molecule has 2 saturated heterocycles. The summed E-state index contributed by atoms with van der Waals surface area (Å²) in [7, 11) is 0. The number of nitrogens with zero attached hydrogens (tertiary/aromatic N) is 3. The quantitative estimate of drug-likeness (QED) is 0.270. The fraction of sp³-hybridized carbons (Fsp3) is 0.276. The third-order valence-electron chi connectivity index (χ3n) is 7.03. The highest BCUT2D eigenvalue weighted by molar-refractivity contribution is 8.00. The van der Waals surface area contributed by atoms with E-state index in [2.05, 4.69) is 29.2 Å². The topological polar surface area (TPSA) is 66.2 Å². The van der Waals surface area contributed by atoms with Crippen LogP contribution in [0.2, 0.25) is 0 Å². The lowest BCUT2D eigenvalue weighted by molar-refractivity contribution is 0.0359. The van der Waals surface area contributed by atoms with Crippen molar-refractivity contribution in [2.24, 2.45) is 0 Å². The molecule has 2 aliphatic rings. The van der Waals surface area contributed by atoms with Crippen molar-refractivity contribution in [2.45, 2.75) is 54.0 Å². The van der Waals surface area contributed by atoms with E-state index >= 15 is 0 Å². The molecular weight excluding hydrogens is 486 g/mol. The predicted molar refractivity (Wildman–Crippen MR) is 143 cm³/mol. The number of carbonyl (C=O) groups excluding carboxylic acids is 1. The van der Waals surface area contributed by atoms with Crippen molar-refractivity contribution < 1.29 is 9.53 Å². The maximum atomic E-state index is 13.4. The maximum Gasteiger partial charge on any atom is 0.254 e. The lowest BCUT2D eigenvalue weighted by Gasteiger charge is -2.39. The van der Waals surface area contributed by atoms with Gasteiger partial charge in [-0.05, 0) is 60.9 Å². The highest BCUT2D eigenvalue weighted by Crippen LogP contribution is 2.38. The van der Waals surface area contributed by atoms with Crippen LogP contribution in [0.4, 0.5) is 0 Å². The summed E-state index contributed by atoms with van der Waals surface area (Å²) in [5.74, 6) is 1.69. The Bertz CT molecular complexity index is 1400. The Morgan fingerprint density at radius 1 is 1.06 bits per heavy atom. The first-order valence-corrected chi connectivity index (χ1v) is 14.0. The van der Waals surface area contributed by atoms with Gasteiger partial charge in [0.25, 0.3) is 5.91 Å². The maximum absolute atomic E-state index is 13.4. The second-order valence-electron chi connectivity index (χ2n) is 9.38. The zero-order valence-corrected chi connectivity index (χ0v) is 21.3. The molecule has 7 heteroatoms. The minimum atomic E-state index is 0.0717. The number of benzene rings is 3. The Labute approximate surface area is 218 Å². The normalized spacial score (nSPS) is 20.9. The molecule has 0 spiro atoms. The number of piperidine rings is 1. The van der Waals surface area contributed by atoms with Crippen LogP contribution >= 0.6 is 23.1 Å². The number of amides is 1. The first-order valence-electron chi connectivity index (χ1n) is 12.2. The van der Waals surface area contributed by atoms with Crippen LogP contribution in [0, 0.1) is 11.3 Å². The van der Waals surface area contributed by atoms with Crippen molar-refractivity contribution in [1.82, 2.24) is 9.88 Å². The number of thiazole rings is 1. The minimum absolute atomic E-state index is 0.0717. The van der Waals surface area contributed by atoms with Crippen LogP contribution in [0.3, 0.4) is 0 Å². The van der Waals surface area contributed by atoms with Crippen molar-refractivity contribution in [3.05, 3.63) is 89.5 Å². The first-order chi connectivity index (χ1) is 17.7. The van der Waals surface area contributed by atoms with Crippen molar-refractivity contribution in [2.75, 3.05) is 0 Å². The minimum Gasteiger partial charge on any atom is -0.490 e. The van der Waals surface area contributed by atoms with Crippen LogP contribution in [-0.4, -0.2) is 34.0 Å². The molecule has 3 atom stereocenters. The monoisotopic (exact) mass is 511 g/mol. The van der Waals surface area contributed by atoms with Gasteiger partial charge in [0.2, 0.25) is 0 Å². The van der Waals surface area contributed by atoms with Crippen LogP contribution in [0.5, 0.6) is 5.75 Å². The van der Waals surface area contributed by atoms with Gasteiger partial charge in [0.1, 0.15) is 11.9 Å². The number of hydrogen-bond donors (Lipinski definition) is 0. The number of para-hydroxylation sites is 1. The standard InChI is InChI=1S/C29H25N3O2S2/c30-17-20-4-3-5-24(14-20)34-25-15-22-12-13-23(16-25)32(22)28(33)21-10-8-19(9-11-21)18-35-29-31-26-6-1-2-7-27(26)36-29/h1-11,14,22-23,25H,12-13,15-16,18H2/t22-,23+,25?. The van der Waals surface area contributed by atoms with Crippen molar-refractivity contribution in [3.63, 3.8) is 0 Å². The van der Waals surface area contributed by atoms with Gasteiger partial charge >= 0.3 is 0 Å². The van der Waals surface area contributed by atoms with Gasteiger partial charge in [-0.3, -0.25) is 4.79 Å². The number of hydrogen-bond acceptors (Lipinski definition) is 6. The highest BCUT2D eigenvalue weighted by Gasteiger charge is 2.44. The molecule has 180 valence electrons. The van der Waals surface area contributed by atoms with Gasteiger partial charge in [0, 0.05) is 36.2 Å². The van der Waals surface area contributed by atoms with Gasteiger partial charge in [-0.15, -0.1) is 11.3 Å². The molecule has 2 fully saturated rings. The molecule has 2 bridgehead atoms. The van der Waals surface area contributed by atoms with Crippen molar-refractivity contribution in [1.29, 1.82) is 5.26 Å². The van der Waals surface area contributed by atoms with Gasteiger partial charge < -0.3 is 9.64 Å². The molecule has 2 aliphatic heterocycles. The molecule has 0 N–H and O–H groups in total. The van der Waals surface area contributed by atoms with Crippen LogP contribution < -0.4 is 4.74 Å². The second-order valence-corrected chi connectivity index (χ2v) is 11.6. The molecule has 1 amide bonds. The van der Waals surface area contributed by atoms with E-state index in [1.807, 2.05) is 42.5 Å². The number of ether oxygens (including phenoxy) is 1. The molecule has 0 radical (unpaired) electrons. The van der Waals surface area contributed by atoms with Gasteiger partial charge in [-0.2, -0.15) is 5.26 Å². The van der Waals surface area contributed by atoms with Crippen LogP contribution in [0.1, 0.15) is 47.2 Å². The van der Waals surface area contributed by atoms with Crippen LogP contribution in [0.25, 0.3) is 10.2 Å². The molecule has 5 nitrogen and oxygen atoms in total. The molecular formula is C29H25N3O2S2. The zero-order valence-electron chi connectivity index (χ0n) is 19.7. The fourth-order valence-corrected chi connectivity index (χ4v) is 7.36. The third kappa shape index (κ3) is 4.71. The number of rotatable bonds is 6. The van der Waals surface area contributed by atoms with E-state index in [0.29, 0.717) is 5.56 Å². The largest absolute Gasteiger partial charge is 0.490 e. The Morgan fingerprint density at radius 2 is 1.83 bits per heavy atom. The SMILES string of the molecule is N#Cc1cccc(OC2C[C@H]3CC[C@@H](C2)N3C(=O)c2ccc(CSc3nc4ccccc4s3)cc2)c1. The number of carbonyl (C=O) groups is 1. The number of aromatic nitrogens is 1. The molecule has 3 aromatic carbocycles. The van der Waals surface area contributed by atoms with E-state index in [-0.39, 0.29) is 24.1 Å². The lowest BCUT2D eigenvalue weighted by atomic mass is 9.98. The molecule has 0 saturated carbocycles. The van der Waals surface area contributed by atoms with E-state index in [1.54, 1.807) is 35.2 Å². The van der Waals surface area contributed by atoms with Gasteiger partial charge in [0.15, 0.2) is 4.34 Å². The van der Waals surface area contributed by atoms with E-state index in [9.17, 15) is 4.79 Å². The summed E-state index contributed by atoms with van der Waals surface area (Å²) in [6.45, 7) is 0. The predicted octanol–water partition coefficient (Wildman–Crippen LogP) is 6.67. The van der Waals surface area contributed by atoms with Gasteiger partial charge in [-0.1, -0.05) is 42.1 Å². The summed E-state index contributed by atoms with van der Waals surface area (Å²) >= 11 is 3.46. The van der Waals surface area contributed by atoms with Gasteiger partial charge in [-0.25, -0.2) is 4.98 Å². The highest BCUT2D eigenvalue weighted by atomic mass is 32.2. The average molecular weight is 512 g/mol. The third-order valence-corrected chi connectivity index (χ3v) is 9.28. The summed E-state index contributed by atoms with van der Waals surface area (Å²) < 4.78 is 8.49. The number of nitriles is 1. The molecule has 6 rings (SSSR count). The first kappa shape index (κ1) is 23.1. The number of thioether (sulfide) groups is 1. The summed E-state index contributed by atoms with van der Waals surface area (Å²) in [4.78, 5) is 20.2. The van der Waals surface area contributed by atoms with E-state index < -0.39 is 0 Å². The smallest absolute Gasteiger partial charge is 0.254 e. The zero-order chi connectivity index (χ0) is 24.5. The Morgan fingerprint density at radius 3 is 2.58 bits per heavy atom. The van der Waals surface area contributed by atoms with E-state index in [1.165, 1.54) is 10.3 Å². The summed E-state index contributed by atoms with van der Waals surface area (Å²) in [5, 5.41) is 9.14. The fourth-order valence-electron chi connectivity index (χ4n) is 5.34. The van der Waals surface area contributed by atoms with Crippen LogP contribution in [-0.2, 0) is 5.75 Å². The molecule has 4 aromatic rings. The molecule has 0 aliphatic carbocycles. The lowest BCUT2D eigenvalue weighted by Crippen LogP contribution is -2.49. The number of fused-ring (bicyclic) bond motifs is 3. The molecule has 1 aromatic heterocycles.